The van der Waals surface area contributed by atoms with Gasteiger partial charge in [-0.2, -0.15) is 0 Å². The Morgan fingerprint density at radius 1 is 1.38 bits per heavy atom. The Balaban J connectivity index is 2.70. The first kappa shape index (κ1) is 12.7. The van der Waals surface area contributed by atoms with Crippen molar-refractivity contribution in [1.82, 2.24) is 0 Å². The van der Waals surface area contributed by atoms with Crippen LogP contribution in [0.3, 0.4) is 0 Å². The maximum absolute atomic E-state index is 5.69. The summed E-state index contributed by atoms with van der Waals surface area (Å²) in [5.74, 6) is 0. The van der Waals surface area contributed by atoms with Crippen molar-refractivity contribution < 1.29 is 4.74 Å². The molecule has 1 heteroatoms. The van der Waals surface area contributed by atoms with E-state index in [4.69, 9.17) is 4.74 Å². The minimum absolute atomic E-state index is 0.193. The fourth-order valence-electron chi connectivity index (χ4n) is 1.66. The molecule has 16 heavy (non-hydrogen) atoms. The second-order valence-corrected chi connectivity index (χ2v) is 3.82. The third-order valence-electron chi connectivity index (χ3n) is 2.49. The topological polar surface area (TPSA) is 9.23 Å². The molecule has 0 bridgehead atoms. The third kappa shape index (κ3) is 4.03. The average Bonchev–Trinajstić information content (AvgIpc) is 2.31. The van der Waals surface area contributed by atoms with Crippen molar-refractivity contribution in [3.05, 3.63) is 54.1 Å². The van der Waals surface area contributed by atoms with Gasteiger partial charge in [0.1, 0.15) is 0 Å². The molecule has 0 amide bonds. The van der Waals surface area contributed by atoms with Crippen molar-refractivity contribution in [3.63, 3.8) is 0 Å². The minimum atomic E-state index is 0.193. The molecule has 1 atom stereocenters. The van der Waals surface area contributed by atoms with Crippen molar-refractivity contribution in [2.45, 2.75) is 26.4 Å². The van der Waals surface area contributed by atoms with Gasteiger partial charge in [0.2, 0.25) is 0 Å². The fraction of sp³-hybridized carbons (Fsp3) is 0.333. The first-order valence-corrected chi connectivity index (χ1v) is 5.73. The van der Waals surface area contributed by atoms with E-state index in [1.807, 2.05) is 18.2 Å². The highest BCUT2D eigenvalue weighted by molar-refractivity contribution is 5.52. The van der Waals surface area contributed by atoms with E-state index in [2.05, 4.69) is 38.6 Å². The summed E-state index contributed by atoms with van der Waals surface area (Å²) in [6.07, 6.45) is 5.15. The molecule has 0 saturated heterocycles. The number of ether oxygens (including phenoxy) is 1. The maximum Gasteiger partial charge on any atom is 0.0787 e. The molecule has 0 spiro atoms. The second-order valence-electron chi connectivity index (χ2n) is 3.82. The van der Waals surface area contributed by atoms with E-state index in [-0.39, 0.29) is 6.10 Å². The van der Waals surface area contributed by atoms with Crippen LogP contribution in [0.5, 0.6) is 0 Å². The Labute approximate surface area is 98.5 Å². The molecule has 1 nitrogen and oxygen atoms in total. The van der Waals surface area contributed by atoms with E-state index in [9.17, 15) is 0 Å². The van der Waals surface area contributed by atoms with E-state index in [0.29, 0.717) is 6.61 Å². The van der Waals surface area contributed by atoms with Crippen molar-refractivity contribution in [1.29, 1.82) is 0 Å². The summed E-state index contributed by atoms with van der Waals surface area (Å²) in [5.41, 5.74) is 2.48. The zero-order valence-electron chi connectivity index (χ0n) is 10.1. The van der Waals surface area contributed by atoms with Crippen LogP contribution in [-0.4, -0.2) is 12.7 Å². The summed E-state index contributed by atoms with van der Waals surface area (Å²) in [5, 5.41) is 0. The third-order valence-corrected chi connectivity index (χ3v) is 2.49. The molecule has 0 aliphatic carbocycles. The van der Waals surface area contributed by atoms with Crippen LogP contribution in [0.2, 0.25) is 0 Å². The van der Waals surface area contributed by atoms with Crippen molar-refractivity contribution in [2.24, 2.45) is 0 Å². The van der Waals surface area contributed by atoms with Gasteiger partial charge in [0.05, 0.1) is 12.7 Å². The van der Waals surface area contributed by atoms with Gasteiger partial charge in [-0.1, -0.05) is 49.4 Å². The molecular formula is C15H20O. The lowest BCUT2D eigenvalue weighted by molar-refractivity contribution is 0.0988. The first-order valence-electron chi connectivity index (χ1n) is 5.73. The van der Waals surface area contributed by atoms with Crippen LogP contribution in [0.15, 0.2) is 48.6 Å². The molecule has 0 aliphatic heterocycles. The molecule has 0 unspecified atom stereocenters. The molecule has 1 aromatic rings. The Kier molecular flexibility index (Phi) is 5.58. The van der Waals surface area contributed by atoms with Gasteiger partial charge in [0.15, 0.2) is 0 Å². The lowest BCUT2D eigenvalue weighted by Crippen LogP contribution is -2.13. The van der Waals surface area contributed by atoms with Gasteiger partial charge in [-0.3, -0.25) is 0 Å². The molecule has 0 aliphatic rings. The molecule has 0 saturated carbocycles. The van der Waals surface area contributed by atoms with Crippen LogP contribution in [-0.2, 0) is 4.74 Å². The quantitative estimate of drug-likeness (QED) is 0.651. The summed E-state index contributed by atoms with van der Waals surface area (Å²) >= 11 is 0. The zero-order chi connectivity index (χ0) is 11.8. The number of hydrogen-bond acceptors (Lipinski definition) is 1. The zero-order valence-corrected chi connectivity index (χ0v) is 10.1. The summed E-state index contributed by atoms with van der Waals surface area (Å²) in [7, 11) is 0. The van der Waals surface area contributed by atoms with Gasteiger partial charge < -0.3 is 4.74 Å². The molecule has 0 aromatic heterocycles. The van der Waals surface area contributed by atoms with E-state index in [1.165, 1.54) is 11.1 Å². The SMILES string of the molecule is C=CCO[C@@H](CC)/C(C)=C/c1ccccc1. The summed E-state index contributed by atoms with van der Waals surface area (Å²) in [6, 6.07) is 10.3. The minimum Gasteiger partial charge on any atom is -0.370 e. The van der Waals surface area contributed by atoms with Crippen LogP contribution in [0.25, 0.3) is 6.08 Å². The highest BCUT2D eigenvalue weighted by atomic mass is 16.5. The molecule has 0 radical (unpaired) electrons. The Morgan fingerprint density at radius 2 is 2.06 bits per heavy atom. The molecular weight excluding hydrogens is 196 g/mol. The fourth-order valence-corrected chi connectivity index (χ4v) is 1.66. The predicted molar refractivity (Wildman–Crippen MR) is 70.3 cm³/mol. The maximum atomic E-state index is 5.69. The van der Waals surface area contributed by atoms with E-state index in [0.717, 1.165) is 6.42 Å². The van der Waals surface area contributed by atoms with Crippen molar-refractivity contribution >= 4 is 6.08 Å². The van der Waals surface area contributed by atoms with Crippen molar-refractivity contribution in [2.75, 3.05) is 6.61 Å². The van der Waals surface area contributed by atoms with Crippen LogP contribution in [0.4, 0.5) is 0 Å². The van der Waals surface area contributed by atoms with Gasteiger partial charge in [0.25, 0.3) is 0 Å². The molecule has 0 N–H and O–H groups in total. The lowest BCUT2D eigenvalue weighted by Gasteiger charge is -2.15. The smallest absolute Gasteiger partial charge is 0.0787 e. The standard InChI is InChI=1S/C15H20O/c1-4-11-16-15(5-2)13(3)12-14-9-7-6-8-10-14/h4,6-10,12,15H,1,5,11H2,2-3H3/b13-12+/t15-/m0/s1. The number of rotatable bonds is 6. The summed E-state index contributed by atoms with van der Waals surface area (Å²) in [4.78, 5) is 0. The summed E-state index contributed by atoms with van der Waals surface area (Å²) < 4.78 is 5.69. The predicted octanol–water partition coefficient (Wildman–Crippen LogP) is 4.07. The Morgan fingerprint density at radius 3 is 2.62 bits per heavy atom. The monoisotopic (exact) mass is 216 g/mol. The highest BCUT2D eigenvalue weighted by Gasteiger charge is 2.07. The van der Waals surface area contributed by atoms with Gasteiger partial charge in [-0.25, -0.2) is 0 Å². The molecule has 86 valence electrons. The Hall–Kier alpha value is -1.34. The number of benzene rings is 1. The lowest BCUT2D eigenvalue weighted by atomic mass is 10.1. The highest BCUT2D eigenvalue weighted by Crippen LogP contribution is 2.14. The second kappa shape index (κ2) is 7.02. The van der Waals surface area contributed by atoms with Gasteiger partial charge in [-0.05, 0) is 24.5 Å². The van der Waals surface area contributed by atoms with Crippen LogP contribution >= 0.6 is 0 Å². The summed E-state index contributed by atoms with van der Waals surface area (Å²) in [6.45, 7) is 8.53. The normalized spacial score (nSPS) is 13.5. The first-order chi connectivity index (χ1) is 7.77. The van der Waals surface area contributed by atoms with E-state index < -0.39 is 0 Å². The van der Waals surface area contributed by atoms with E-state index >= 15 is 0 Å². The van der Waals surface area contributed by atoms with Gasteiger partial charge in [-0.15, -0.1) is 6.58 Å². The van der Waals surface area contributed by atoms with Crippen LogP contribution < -0.4 is 0 Å². The van der Waals surface area contributed by atoms with Crippen LogP contribution in [0.1, 0.15) is 25.8 Å². The molecule has 1 rings (SSSR count). The molecule has 0 heterocycles. The largest absolute Gasteiger partial charge is 0.370 e. The van der Waals surface area contributed by atoms with Crippen LogP contribution in [0, 0.1) is 0 Å². The Bertz CT molecular complexity index is 338. The molecule has 0 fully saturated rings. The molecule has 1 aromatic carbocycles. The van der Waals surface area contributed by atoms with Gasteiger partial charge >= 0.3 is 0 Å². The number of hydrogen-bond donors (Lipinski definition) is 0. The van der Waals surface area contributed by atoms with E-state index in [1.54, 1.807) is 6.08 Å². The van der Waals surface area contributed by atoms with Gasteiger partial charge in [0, 0.05) is 0 Å². The average molecular weight is 216 g/mol. The van der Waals surface area contributed by atoms with Crippen molar-refractivity contribution in [3.8, 4) is 0 Å².